The summed E-state index contributed by atoms with van der Waals surface area (Å²) >= 11 is 0. The van der Waals surface area contributed by atoms with Crippen molar-refractivity contribution in [3.8, 4) is 17.1 Å². The van der Waals surface area contributed by atoms with Crippen molar-refractivity contribution in [2.45, 2.75) is 83.4 Å². The number of unbranched alkanes of at least 4 members (excludes halogenated alkanes) is 2. The number of hydrogen-bond acceptors (Lipinski definition) is 14. The molecule has 0 aliphatic carbocycles. The molecule has 0 unspecified atom stereocenters. The maximum Gasteiger partial charge on any atom is 0.324 e. The van der Waals surface area contributed by atoms with E-state index in [1.54, 1.807) is 54.0 Å². The van der Waals surface area contributed by atoms with Crippen LogP contribution in [0, 0.1) is 0 Å². The van der Waals surface area contributed by atoms with E-state index in [1.165, 1.54) is 12.2 Å². The van der Waals surface area contributed by atoms with Gasteiger partial charge in [-0.25, -0.2) is 4.98 Å². The van der Waals surface area contributed by atoms with E-state index in [4.69, 9.17) is 19.2 Å². The molecule has 0 spiro atoms. The van der Waals surface area contributed by atoms with E-state index in [9.17, 15) is 47.9 Å². The van der Waals surface area contributed by atoms with Gasteiger partial charge < -0.3 is 50.2 Å². The molecule has 3 aliphatic rings. The second kappa shape index (κ2) is 23.7. The van der Waals surface area contributed by atoms with E-state index < -0.39 is 54.1 Å². The molecule has 0 saturated carbocycles. The van der Waals surface area contributed by atoms with Crippen molar-refractivity contribution in [3.05, 3.63) is 105 Å². The first-order valence-electron chi connectivity index (χ1n) is 23.8. The number of imide groups is 1. The van der Waals surface area contributed by atoms with Crippen LogP contribution in [0.2, 0.25) is 0 Å². The smallest absolute Gasteiger partial charge is 0.324 e. The number of aromatic nitrogens is 2. The number of fused-ring (bicyclic) bond motifs is 5. The average molecular weight is 989 g/mol. The fraction of sp³-hybridized carbons (Fsp3) is 0.392. The molecule has 0 radical (unpaired) electrons. The lowest BCUT2D eigenvalue weighted by molar-refractivity contribution is -0.155. The summed E-state index contributed by atoms with van der Waals surface area (Å²) in [4.78, 5) is 132. The maximum absolute atomic E-state index is 13.8. The van der Waals surface area contributed by atoms with Crippen molar-refractivity contribution < 1.29 is 57.4 Å². The molecule has 7 rings (SSSR count). The number of hydrogen-bond donors (Lipinski definition) is 5. The van der Waals surface area contributed by atoms with E-state index in [0.717, 1.165) is 27.0 Å². The van der Waals surface area contributed by atoms with Crippen molar-refractivity contribution in [1.29, 1.82) is 0 Å². The van der Waals surface area contributed by atoms with Crippen molar-refractivity contribution in [2.24, 2.45) is 0 Å². The summed E-state index contributed by atoms with van der Waals surface area (Å²) in [5.74, 6) is -3.73. The molecule has 2 atom stereocenters. The van der Waals surface area contributed by atoms with E-state index >= 15 is 0 Å². The van der Waals surface area contributed by atoms with Gasteiger partial charge in [-0.2, -0.15) is 0 Å². The summed E-state index contributed by atoms with van der Waals surface area (Å²) in [6.45, 7) is 2.80. The number of carbonyl (C=O) groups is 9. The number of ether oxygens (including phenoxy) is 3. The Morgan fingerprint density at radius 2 is 1.54 bits per heavy atom. The van der Waals surface area contributed by atoms with Crippen LogP contribution in [-0.4, -0.2) is 120 Å². The number of nitrogens with zero attached hydrogens (tertiary/aromatic N) is 3. The zero-order valence-electron chi connectivity index (χ0n) is 40.0. The molecule has 21 nitrogen and oxygen atoms in total. The fourth-order valence-electron chi connectivity index (χ4n) is 8.84. The molecule has 3 aliphatic heterocycles. The van der Waals surface area contributed by atoms with E-state index in [-0.39, 0.29) is 94.3 Å². The van der Waals surface area contributed by atoms with E-state index in [1.807, 2.05) is 19.1 Å². The third-order valence-corrected chi connectivity index (χ3v) is 12.7. The van der Waals surface area contributed by atoms with Gasteiger partial charge in [0.15, 0.2) is 0 Å². The van der Waals surface area contributed by atoms with Crippen LogP contribution >= 0.6 is 0 Å². The zero-order chi connectivity index (χ0) is 51.4. The molecule has 5 N–H and O–H groups in total. The highest BCUT2D eigenvalue weighted by Gasteiger charge is 2.47. The van der Waals surface area contributed by atoms with Crippen LogP contribution < -0.4 is 36.9 Å². The molecular weight excluding hydrogens is 933 g/mol. The van der Waals surface area contributed by atoms with Crippen LogP contribution in [0.1, 0.15) is 73.8 Å². The van der Waals surface area contributed by atoms with Gasteiger partial charge in [-0.15, -0.1) is 0 Å². The second-order valence-corrected chi connectivity index (χ2v) is 17.3. The first-order chi connectivity index (χ1) is 34.8. The fourth-order valence-corrected chi connectivity index (χ4v) is 8.84. The Morgan fingerprint density at radius 1 is 0.819 bits per heavy atom. The molecule has 72 heavy (non-hydrogen) atoms. The predicted molar refractivity (Wildman–Crippen MR) is 258 cm³/mol. The summed E-state index contributed by atoms with van der Waals surface area (Å²) in [7, 11) is 0. The van der Waals surface area contributed by atoms with Gasteiger partial charge in [0, 0.05) is 42.5 Å². The molecule has 2 aromatic carbocycles. The van der Waals surface area contributed by atoms with Gasteiger partial charge in [-0.05, 0) is 66.6 Å². The number of nitrogens with one attached hydrogen (secondary N) is 5. The largest absolute Gasteiger partial charge is 0.491 e. The standard InChI is InChI=1S/C51H56N8O13/c1-3-33-34-22-32(14-15-38(34)57-47-35(33)27-59-40(47)23-37-36(49(59)68)28-72-50(69)51(37,4-2)29-60)71-20-19-70-30-55-43(63)25-54-48(67)39(21-31-11-7-5-8-12-31)56-44(64)26-53-42(62)24-52-41(61)13-9-6-10-18-58-45(65)16-17-46(58)66/h5,7-8,11-12,14-17,22-23,29,39H,3-4,6,9-10,13,18-21,24-28,30H2,1-2H3,(H,52,61)(H,53,62)(H,54,67)(H,55,63)(H,56,64)/t39-,51-/m0/s1. The topological polar surface area (TPSA) is 280 Å². The van der Waals surface area contributed by atoms with Crippen molar-refractivity contribution in [1.82, 2.24) is 41.0 Å². The van der Waals surface area contributed by atoms with Crippen molar-refractivity contribution in [3.63, 3.8) is 0 Å². The van der Waals surface area contributed by atoms with Crippen LogP contribution in [-0.2, 0) is 84.0 Å². The first kappa shape index (κ1) is 51.8. The normalized spacial score (nSPS) is 15.8. The van der Waals surface area contributed by atoms with Gasteiger partial charge in [0.25, 0.3) is 17.4 Å². The Kier molecular flexibility index (Phi) is 17.0. The summed E-state index contributed by atoms with van der Waals surface area (Å²) in [5, 5.41) is 13.4. The molecule has 21 heteroatoms. The number of rotatable bonds is 25. The summed E-state index contributed by atoms with van der Waals surface area (Å²) in [6, 6.07) is 15.0. The van der Waals surface area contributed by atoms with Gasteiger partial charge in [-0.3, -0.25) is 48.1 Å². The molecule has 0 bridgehead atoms. The van der Waals surface area contributed by atoms with Gasteiger partial charge >= 0.3 is 5.97 Å². The van der Waals surface area contributed by atoms with Crippen LogP contribution in [0.3, 0.4) is 0 Å². The molecule has 378 valence electrons. The Hall–Kier alpha value is -8.07. The quantitative estimate of drug-likeness (QED) is 0.0136. The highest BCUT2D eigenvalue weighted by molar-refractivity contribution is 6.12. The lowest BCUT2D eigenvalue weighted by Gasteiger charge is -2.31. The number of amides is 7. The van der Waals surface area contributed by atoms with Crippen LogP contribution in [0.15, 0.2) is 71.5 Å². The maximum atomic E-state index is 13.8. The number of aldehydes is 1. The van der Waals surface area contributed by atoms with Crippen LogP contribution in [0.25, 0.3) is 22.3 Å². The molecule has 2 aromatic heterocycles. The average Bonchev–Trinajstić information content (AvgIpc) is 3.91. The van der Waals surface area contributed by atoms with Gasteiger partial charge in [0.1, 0.15) is 43.4 Å². The second-order valence-electron chi connectivity index (χ2n) is 17.3. The molecular formula is C51H56N8O13. The summed E-state index contributed by atoms with van der Waals surface area (Å²) < 4.78 is 18.4. The molecule has 0 saturated heterocycles. The first-order valence-corrected chi connectivity index (χ1v) is 23.8. The summed E-state index contributed by atoms with van der Waals surface area (Å²) in [6.07, 6.45) is 5.58. The Labute approximate surface area is 413 Å². The molecule has 7 amide bonds. The number of aryl methyl sites for hydroxylation is 1. The minimum Gasteiger partial charge on any atom is -0.491 e. The SMILES string of the molecule is CCc1c2c(nc3ccc(OCCOCNC(=O)CNC(=O)[C@H](Cc4ccccc4)NC(=O)CNC(=O)CNC(=O)CCCCCN4C(=O)C=CC4=O)cc13)-c1cc3c(c(=O)n1C2)COC(=O)[C@]3(C=O)CC. The number of cyclic esters (lactones) is 1. The number of pyridine rings is 2. The number of carbonyl (C=O) groups excluding carboxylic acids is 9. The summed E-state index contributed by atoms with van der Waals surface area (Å²) in [5.41, 5.74) is 3.17. The van der Waals surface area contributed by atoms with Crippen LogP contribution in [0.4, 0.5) is 0 Å². The Bertz CT molecular complexity index is 2860. The highest BCUT2D eigenvalue weighted by Crippen LogP contribution is 2.41. The molecule has 4 aromatic rings. The Morgan fingerprint density at radius 3 is 2.28 bits per heavy atom. The highest BCUT2D eigenvalue weighted by atomic mass is 16.5. The van der Waals surface area contributed by atoms with Gasteiger partial charge in [-0.1, -0.05) is 50.6 Å². The van der Waals surface area contributed by atoms with Crippen molar-refractivity contribution in [2.75, 3.05) is 46.1 Å². The Balaban J connectivity index is 0.825. The zero-order valence-corrected chi connectivity index (χ0v) is 40.0. The number of esters is 1. The molecule has 5 heterocycles. The van der Waals surface area contributed by atoms with Gasteiger partial charge in [0.2, 0.25) is 29.5 Å². The van der Waals surface area contributed by atoms with E-state index in [0.29, 0.717) is 60.2 Å². The third kappa shape index (κ3) is 11.9. The van der Waals surface area contributed by atoms with Gasteiger partial charge in [0.05, 0.1) is 55.3 Å². The minimum absolute atomic E-state index is 0.0881. The number of benzene rings is 2. The van der Waals surface area contributed by atoms with Crippen molar-refractivity contribution >= 4 is 64.5 Å². The predicted octanol–water partition coefficient (Wildman–Crippen LogP) is 0.922. The van der Waals surface area contributed by atoms with Crippen LogP contribution in [0.5, 0.6) is 5.75 Å². The minimum atomic E-state index is -1.56. The van der Waals surface area contributed by atoms with E-state index in [2.05, 4.69) is 26.6 Å². The lowest BCUT2D eigenvalue weighted by atomic mass is 9.76. The lowest BCUT2D eigenvalue weighted by Crippen LogP contribution is -2.52. The molecule has 0 fully saturated rings. The monoisotopic (exact) mass is 988 g/mol. The third-order valence-electron chi connectivity index (χ3n) is 12.7.